The standard InChI is InChI=1S/C19H32N4/c1-13(10-20-2)18-12-22-19-17(18)9-15(11-21-19)14-5-7-16(8-6-14)23(3)4/h9-10,12,14-16,19-22H,5-8,11H2,1-4H3/b13-10+. The molecule has 2 aliphatic heterocycles. The maximum absolute atomic E-state index is 3.70. The molecule has 128 valence electrons. The average Bonchev–Trinajstić information content (AvgIpc) is 2.98. The van der Waals surface area contributed by atoms with E-state index in [1.807, 2.05) is 7.05 Å². The number of hydrogen-bond acceptors (Lipinski definition) is 4. The van der Waals surface area contributed by atoms with Crippen LogP contribution < -0.4 is 16.0 Å². The highest BCUT2D eigenvalue weighted by Crippen LogP contribution is 2.37. The van der Waals surface area contributed by atoms with Gasteiger partial charge < -0.3 is 15.5 Å². The highest BCUT2D eigenvalue weighted by atomic mass is 15.1. The van der Waals surface area contributed by atoms with E-state index in [1.54, 1.807) is 0 Å². The van der Waals surface area contributed by atoms with Gasteiger partial charge in [0.05, 0.1) is 0 Å². The van der Waals surface area contributed by atoms with E-state index < -0.39 is 0 Å². The van der Waals surface area contributed by atoms with Gasteiger partial charge in [0.1, 0.15) is 6.17 Å². The van der Waals surface area contributed by atoms with Gasteiger partial charge in [-0.15, -0.1) is 0 Å². The molecule has 1 fully saturated rings. The molecule has 4 nitrogen and oxygen atoms in total. The van der Waals surface area contributed by atoms with Crippen molar-refractivity contribution >= 4 is 0 Å². The molecule has 2 unspecified atom stereocenters. The SMILES string of the molecule is CN/C=C(\C)C1=CNC2NCC(C3CCC(N(C)C)CC3)C=C12. The van der Waals surface area contributed by atoms with Gasteiger partial charge in [-0.1, -0.05) is 6.08 Å². The minimum Gasteiger partial charge on any atom is -0.394 e. The van der Waals surface area contributed by atoms with Crippen LogP contribution in [-0.2, 0) is 0 Å². The normalized spacial score (nSPS) is 34.6. The van der Waals surface area contributed by atoms with Crippen molar-refractivity contribution in [2.24, 2.45) is 11.8 Å². The smallest absolute Gasteiger partial charge is 0.103 e. The maximum atomic E-state index is 3.70. The predicted molar refractivity (Wildman–Crippen MR) is 96.8 cm³/mol. The number of nitrogens with zero attached hydrogens (tertiary/aromatic N) is 1. The molecule has 0 amide bonds. The first kappa shape index (κ1) is 16.6. The van der Waals surface area contributed by atoms with Gasteiger partial charge in [-0.25, -0.2) is 0 Å². The van der Waals surface area contributed by atoms with Crippen molar-refractivity contribution < 1.29 is 0 Å². The van der Waals surface area contributed by atoms with Gasteiger partial charge in [-0.05, 0) is 75.9 Å². The fraction of sp³-hybridized carbons (Fsp3) is 0.684. The van der Waals surface area contributed by atoms with E-state index in [1.165, 1.54) is 42.4 Å². The van der Waals surface area contributed by atoms with Crippen LogP contribution in [0.2, 0.25) is 0 Å². The molecule has 3 aliphatic rings. The molecular weight excluding hydrogens is 284 g/mol. The van der Waals surface area contributed by atoms with Crippen LogP contribution in [0, 0.1) is 11.8 Å². The zero-order chi connectivity index (χ0) is 16.4. The number of nitrogens with one attached hydrogen (secondary N) is 3. The minimum absolute atomic E-state index is 0.305. The Bertz CT molecular complexity index is 509. The first-order valence-electron chi connectivity index (χ1n) is 9.02. The zero-order valence-corrected chi connectivity index (χ0v) is 15.0. The topological polar surface area (TPSA) is 39.3 Å². The van der Waals surface area contributed by atoms with Crippen molar-refractivity contribution in [2.45, 2.75) is 44.8 Å². The van der Waals surface area contributed by atoms with E-state index in [4.69, 9.17) is 0 Å². The van der Waals surface area contributed by atoms with Crippen LogP contribution in [0.15, 0.2) is 35.2 Å². The van der Waals surface area contributed by atoms with Crippen LogP contribution in [-0.4, -0.2) is 44.8 Å². The fourth-order valence-electron chi connectivity index (χ4n) is 4.38. The first-order chi connectivity index (χ1) is 11.1. The maximum Gasteiger partial charge on any atom is 0.103 e. The van der Waals surface area contributed by atoms with E-state index in [0.717, 1.165) is 18.5 Å². The van der Waals surface area contributed by atoms with Gasteiger partial charge in [-0.3, -0.25) is 5.32 Å². The molecule has 4 heteroatoms. The molecule has 0 aromatic carbocycles. The summed E-state index contributed by atoms with van der Waals surface area (Å²) in [6.45, 7) is 3.29. The molecular formula is C19H32N4. The van der Waals surface area contributed by atoms with Crippen LogP contribution in [0.25, 0.3) is 0 Å². The predicted octanol–water partition coefficient (Wildman–Crippen LogP) is 2.19. The Kier molecular flexibility index (Phi) is 5.12. The number of allylic oxidation sites excluding steroid dienone is 1. The Balaban J connectivity index is 1.69. The molecule has 1 saturated carbocycles. The van der Waals surface area contributed by atoms with Gasteiger partial charge >= 0.3 is 0 Å². The summed E-state index contributed by atoms with van der Waals surface area (Å²) >= 11 is 0. The Morgan fingerprint density at radius 3 is 2.65 bits per heavy atom. The van der Waals surface area contributed by atoms with Crippen molar-refractivity contribution in [1.29, 1.82) is 0 Å². The highest BCUT2D eigenvalue weighted by Gasteiger charge is 2.33. The second-order valence-electron chi connectivity index (χ2n) is 7.50. The Morgan fingerprint density at radius 2 is 2.00 bits per heavy atom. The molecule has 3 rings (SSSR count). The van der Waals surface area contributed by atoms with Crippen molar-refractivity contribution in [2.75, 3.05) is 27.7 Å². The van der Waals surface area contributed by atoms with E-state index in [9.17, 15) is 0 Å². The fourth-order valence-corrected chi connectivity index (χ4v) is 4.38. The second-order valence-corrected chi connectivity index (χ2v) is 7.50. The summed E-state index contributed by atoms with van der Waals surface area (Å²) in [4.78, 5) is 2.40. The molecule has 0 aromatic heterocycles. The third-order valence-corrected chi connectivity index (χ3v) is 5.83. The van der Waals surface area contributed by atoms with E-state index in [-0.39, 0.29) is 0 Å². The molecule has 2 atom stereocenters. The van der Waals surface area contributed by atoms with Crippen LogP contribution in [0.1, 0.15) is 32.6 Å². The van der Waals surface area contributed by atoms with Crippen molar-refractivity contribution in [3.63, 3.8) is 0 Å². The van der Waals surface area contributed by atoms with Crippen LogP contribution in [0.5, 0.6) is 0 Å². The Morgan fingerprint density at radius 1 is 1.26 bits per heavy atom. The van der Waals surface area contributed by atoms with Crippen molar-refractivity contribution in [3.8, 4) is 0 Å². The van der Waals surface area contributed by atoms with Crippen LogP contribution >= 0.6 is 0 Å². The summed E-state index contributed by atoms with van der Waals surface area (Å²) in [5.41, 5.74) is 4.09. The molecule has 0 aromatic rings. The average molecular weight is 316 g/mol. The summed E-state index contributed by atoms with van der Waals surface area (Å²) in [7, 11) is 6.40. The lowest BCUT2D eigenvalue weighted by Gasteiger charge is -2.38. The molecule has 0 spiro atoms. The van der Waals surface area contributed by atoms with Gasteiger partial charge in [0.25, 0.3) is 0 Å². The van der Waals surface area contributed by atoms with Crippen molar-refractivity contribution in [3.05, 3.63) is 35.2 Å². The van der Waals surface area contributed by atoms with Crippen LogP contribution in [0.4, 0.5) is 0 Å². The third kappa shape index (κ3) is 3.48. The van der Waals surface area contributed by atoms with E-state index >= 15 is 0 Å². The van der Waals surface area contributed by atoms with Crippen molar-refractivity contribution in [1.82, 2.24) is 20.9 Å². The summed E-state index contributed by atoms with van der Waals surface area (Å²) < 4.78 is 0. The lowest BCUT2D eigenvalue weighted by molar-refractivity contribution is 0.167. The zero-order valence-electron chi connectivity index (χ0n) is 15.0. The Labute approximate surface area is 141 Å². The lowest BCUT2D eigenvalue weighted by atomic mass is 9.75. The molecule has 0 saturated heterocycles. The highest BCUT2D eigenvalue weighted by molar-refractivity contribution is 5.52. The molecule has 1 aliphatic carbocycles. The number of rotatable bonds is 4. The minimum atomic E-state index is 0.305. The third-order valence-electron chi connectivity index (χ3n) is 5.83. The summed E-state index contributed by atoms with van der Waals surface area (Å²) in [6.07, 6.45) is 12.5. The summed E-state index contributed by atoms with van der Waals surface area (Å²) in [5, 5.41) is 10.3. The van der Waals surface area contributed by atoms with E-state index in [0.29, 0.717) is 12.1 Å². The van der Waals surface area contributed by atoms with Gasteiger partial charge in [0.15, 0.2) is 0 Å². The molecule has 23 heavy (non-hydrogen) atoms. The number of hydrogen-bond donors (Lipinski definition) is 3. The summed E-state index contributed by atoms with van der Waals surface area (Å²) in [6, 6.07) is 0.785. The lowest BCUT2D eigenvalue weighted by Crippen LogP contribution is -2.46. The monoisotopic (exact) mass is 316 g/mol. The Hall–Kier alpha value is -1.26. The van der Waals surface area contributed by atoms with E-state index in [2.05, 4.69) is 60.3 Å². The molecule has 2 heterocycles. The quantitative estimate of drug-likeness (QED) is 0.743. The largest absolute Gasteiger partial charge is 0.394 e. The van der Waals surface area contributed by atoms with Gasteiger partial charge in [0.2, 0.25) is 0 Å². The first-order valence-corrected chi connectivity index (χ1v) is 9.02. The molecule has 0 bridgehead atoms. The molecule has 0 radical (unpaired) electrons. The van der Waals surface area contributed by atoms with Gasteiger partial charge in [0, 0.05) is 31.4 Å². The molecule has 3 N–H and O–H groups in total. The second kappa shape index (κ2) is 7.10. The van der Waals surface area contributed by atoms with Crippen LogP contribution in [0.3, 0.4) is 0 Å². The summed E-state index contributed by atoms with van der Waals surface area (Å²) in [5.74, 6) is 1.51. The van der Waals surface area contributed by atoms with Gasteiger partial charge in [-0.2, -0.15) is 0 Å². The number of fused-ring (bicyclic) bond motifs is 1.